The van der Waals surface area contributed by atoms with Gasteiger partial charge in [-0.3, -0.25) is 0 Å². The average Bonchev–Trinajstić information content (AvgIpc) is 2.16. The largest absolute Gasteiger partial charge is 0.465 e. The molecular formula is C10H12N2O2S. The molecule has 3 N–H and O–H groups in total. The van der Waals surface area contributed by atoms with Crippen LogP contribution in [-0.2, 0) is 4.74 Å². The highest BCUT2D eigenvalue weighted by molar-refractivity contribution is 7.80. The fourth-order valence-electron chi connectivity index (χ4n) is 1.22. The van der Waals surface area contributed by atoms with Gasteiger partial charge in [0.2, 0.25) is 0 Å². The molecule has 0 fully saturated rings. The number of methoxy groups -OCH3 is 1. The van der Waals surface area contributed by atoms with Gasteiger partial charge >= 0.3 is 5.97 Å². The lowest BCUT2D eigenvalue weighted by Crippen LogP contribution is -2.19. The summed E-state index contributed by atoms with van der Waals surface area (Å²) in [5, 5.41) is 2.98. The van der Waals surface area contributed by atoms with E-state index in [4.69, 9.17) is 18.0 Å². The molecule has 0 spiro atoms. The number of thiocarbonyl (C=S) groups is 1. The van der Waals surface area contributed by atoms with Gasteiger partial charge in [-0.2, -0.15) is 0 Å². The van der Waals surface area contributed by atoms with Gasteiger partial charge in [-0.25, -0.2) is 4.79 Å². The number of rotatable bonds is 2. The molecule has 0 unspecified atom stereocenters. The van der Waals surface area contributed by atoms with E-state index >= 15 is 0 Å². The van der Waals surface area contributed by atoms with Crippen LogP contribution in [0.3, 0.4) is 0 Å². The van der Waals surface area contributed by atoms with E-state index in [9.17, 15) is 4.79 Å². The van der Waals surface area contributed by atoms with Gasteiger partial charge in [-0.05, 0) is 42.9 Å². The molecule has 0 saturated carbocycles. The molecule has 0 aromatic heterocycles. The van der Waals surface area contributed by atoms with Crippen LogP contribution in [0.5, 0.6) is 0 Å². The Balaban J connectivity index is 2.97. The van der Waals surface area contributed by atoms with Gasteiger partial charge in [0.25, 0.3) is 0 Å². The Hall–Kier alpha value is -1.62. The highest BCUT2D eigenvalue weighted by Crippen LogP contribution is 2.15. The van der Waals surface area contributed by atoms with Crippen LogP contribution in [0, 0.1) is 6.92 Å². The lowest BCUT2D eigenvalue weighted by atomic mass is 10.1. The fourth-order valence-corrected chi connectivity index (χ4v) is 1.34. The zero-order valence-corrected chi connectivity index (χ0v) is 9.35. The molecule has 1 aromatic rings. The van der Waals surface area contributed by atoms with Gasteiger partial charge in [-0.15, -0.1) is 0 Å². The maximum atomic E-state index is 11.3. The first-order valence-electron chi connectivity index (χ1n) is 4.30. The highest BCUT2D eigenvalue weighted by atomic mass is 32.1. The fraction of sp³-hybridized carbons (Fsp3) is 0.200. The van der Waals surface area contributed by atoms with Crippen LogP contribution in [0.2, 0.25) is 0 Å². The number of esters is 1. The van der Waals surface area contributed by atoms with Crippen molar-refractivity contribution in [2.75, 3.05) is 12.4 Å². The van der Waals surface area contributed by atoms with Gasteiger partial charge in [-0.1, -0.05) is 0 Å². The van der Waals surface area contributed by atoms with Crippen LogP contribution in [-0.4, -0.2) is 18.2 Å². The number of anilines is 1. The predicted molar refractivity (Wildman–Crippen MR) is 62.9 cm³/mol. The molecule has 1 rings (SSSR count). The summed E-state index contributed by atoms with van der Waals surface area (Å²) < 4.78 is 4.63. The minimum Gasteiger partial charge on any atom is -0.465 e. The van der Waals surface area contributed by atoms with E-state index in [0.29, 0.717) is 5.56 Å². The summed E-state index contributed by atoms with van der Waals surface area (Å²) in [7, 11) is 1.35. The second-order valence-corrected chi connectivity index (χ2v) is 3.45. The number of hydrogen-bond acceptors (Lipinski definition) is 3. The smallest absolute Gasteiger partial charge is 0.338 e. The van der Waals surface area contributed by atoms with Crippen LogP contribution >= 0.6 is 12.2 Å². The molecule has 0 heterocycles. The van der Waals surface area contributed by atoms with E-state index in [1.165, 1.54) is 7.11 Å². The molecule has 1 aromatic carbocycles. The number of benzene rings is 1. The van der Waals surface area contributed by atoms with Crippen molar-refractivity contribution in [3.05, 3.63) is 29.3 Å². The Morgan fingerprint density at radius 2 is 2.20 bits per heavy atom. The Bertz CT molecular complexity index is 404. The lowest BCUT2D eigenvalue weighted by Gasteiger charge is -2.07. The van der Waals surface area contributed by atoms with E-state index in [1.54, 1.807) is 18.2 Å². The standard InChI is InChI=1S/C10H12N2O2S/c1-6-5-7(12-10(11)15)3-4-8(6)9(13)14-2/h3-5H,1-2H3,(H3,11,12,15). The molecule has 0 bridgehead atoms. The predicted octanol–water partition coefficient (Wildman–Crippen LogP) is 1.44. The van der Waals surface area contributed by atoms with Gasteiger partial charge in [0, 0.05) is 5.69 Å². The topological polar surface area (TPSA) is 64.3 Å². The summed E-state index contributed by atoms with van der Waals surface area (Å²) in [6.45, 7) is 1.82. The Labute approximate surface area is 93.4 Å². The van der Waals surface area contributed by atoms with E-state index in [-0.39, 0.29) is 11.1 Å². The van der Waals surface area contributed by atoms with Gasteiger partial charge in [0.1, 0.15) is 0 Å². The Kier molecular flexibility index (Phi) is 3.62. The van der Waals surface area contributed by atoms with Crippen molar-refractivity contribution in [1.29, 1.82) is 0 Å². The first kappa shape index (κ1) is 11.5. The molecule has 0 radical (unpaired) electrons. The average molecular weight is 224 g/mol. The van der Waals surface area contributed by atoms with Gasteiger partial charge in [0.05, 0.1) is 12.7 Å². The second kappa shape index (κ2) is 4.75. The molecule has 5 heteroatoms. The SMILES string of the molecule is COC(=O)c1ccc(NC(N)=S)cc1C. The van der Waals surface area contributed by atoms with Crippen molar-refractivity contribution in [1.82, 2.24) is 0 Å². The van der Waals surface area contributed by atoms with E-state index < -0.39 is 0 Å². The second-order valence-electron chi connectivity index (χ2n) is 3.01. The summed E-state index contributed by atoms with van der Waals surface area (Å²) in [6.07, 6.45) is 0. The molecule has 0 saturated heterocycles. The van der Waals surface area contributed by atoms with Crippen molar-refractivity contribution in [2.45, 2.75) is 6.92 Å². The minimum atomic E-state index is -0.352. The first-order valence-corrected chi connectivity index (χ1v) is 4.71. The van der Waals surface area contributed by atoms with Crippen molar-refractivity contribution >= 4 is 29.0 Å². The number of nitrogens with two attached hydrogens (primary N) is 1. The third kappa shape index (κ3) is 2.92. The van der Waals surface area contributed by atoms with Crippen LogP contribution in [0.15, 0.2) is 18.2 Å². The third-order valence-corrected chi connectivity index (χ3v) is 2.00. The van der Waals surface area contributed by atoms with Crippen LogP contribution < -0.4 is 11.1 Å². The quantitative estimate of drug-likeness (QED) is 0.588. The lowest BCUT2D eigenvalue weighted by molar-refractivity contribution is 0.0600. The maximum Gasteiger partial charge on any atom is 0.338 e. The number of ether oxygens (including phenoxy) is 1. The van der Waals surface area contributed by atoms with E-state index in [0.717, 1.165) is 11.3 Å². The Morgan fingerprint density at radius 1 is 1.53 bits per heavy atom. The molecule has 0 aliphatic carbocycles. The third-order valence-electron chi connectivity index (χ3n) is 1.90. The monoisotopic (exact) mass is 224 g/mol. The van der Waals surface area contributed by atoms with Crippen LogP contribution in [0.4, 0.5) is 5.69 Å². The van der Waals surface area contributed by atoms with E-state index in [1.807, 2.05) is 6.92 Å². The molecule has 0 aliphatic heterocycles. The molecule has 0 amide bonds. The van der Waals surface area contributed by atoms with Crippen molar-refractivity contribution in [3.8, 4) is 0 Å². The molecule has 15 heavy (non-hydrogen) atoms. The van der Waals surface area contributed by atoms with Crippen molar-refractivity contribution in [3.63, 3.8) is 0 Å². The summed E-state index contributed by atoms with van der Waals surface area (Å²) in [5.41, 5.74) is 7.43. The highest BCUT2D eigenvalue weighted by Gasteiger charge is 2.08. The number of nitrogens with one attached hydrogen (secondary N) is 1. The van der Waals surface area contributed by atoms with Crippen molar-refractivity contribution < 1.29 is 9.53 Å². The molecule has 0 aliphatic rings. The van der Waals surface area contributed by atoms with Gasteiger partial charge < -0.3 is 15.8 Å². The number of aryl methyl sites for hydroxylation is 1. The summed E-state index contributed by atoms with van der Waals surface area (Å²) in [4.78, 5) is 11.3. The minimum absolute atomic E-state index is 0.195. The molecule has 80 valence electrons. The van der Waals surface area contributed by atoms with Gasteiger partial charge in [0.15, 0.2) is 5.11 Å². The zero-order chi connectivity index (χ0) is 11.4. The van der Waals surface area contributed by atoms with Crippen LogP contribution in [0.25, 0.3) is 0 Å². The molecule has 4 nitrogen and oxygen atoms in total. The summed E-state index contributed by atoms with van der Waals surface area (Å²) >= 11 is 4.70. The molecular weight excluding hydrogens is 212 g/mol. The summed E-state index contributed by atoms with van der Waals surface area (Å²) in [5.74, 6) is -0.352. The zero-order valence-electron chi connectivity index (χ0n) is 8.53. The number of carbonyl (C=O) groups excluding carboxylic acids is 1. The Morgan fingerprint density at radius 3 is 2.67 bits per heavy atom. The normalized spacial score (nSPS) is 9.47. The van der Waals surface area contributed by atoms with Crippen molar-refractivity contribution in [2.24, 2.45) is 5.73 Å². The first-order chi connectivity index (χ1) is 7.04. The van der Waals surface area contributed by atoms with Crippen LogP contribution in [0.1, 0.15) is 15.9 Å². The van der Waals surface area contributed by atoms with E-state index in [2.05, 4.69) is 10.1 Å². The number of hydrogen-bond donors (Lipinski definition) is 2. The summed E-state index contributed by atoms with van der Waals surface area (Å²) in [6, 6.07) is 5.17. The number of carbonyl (C=O) groups is 1. The molecule has 0 atom stereocenters. The maximum absolute atomic E-state index is 11.3.